The lowest BCUT2D eigenvalue weighted by Gasteiger charge is -2.23. The molecule has 0 amide bonds. The summed E-state index contributed by atoms with van der Waals surface area (Å²) < 4.78 is 0.367. The Hall–Kier alpha value is -0.720. The average molecular weight is 307 g/mol. The van der Waals surface area contributed by atoms with E-state index in [1.165, 1.54) is 6.21 Å². The van der Waals surface area contributed by atoms with Crippen LogP contribution in [0.25, 0.3) is 0 Å². The van der Waals surface area contributed by atoms with Crippen molar-refractivity contribution in [1.29, 1.82) is 0 Å². The number of Topliss-reactive ketones (excluding diaryl/α,β-unsaturated/α-hetero) is 1. The number of rotatable bonds is 4. The van der Waals surface area contributed by atoms with E-state index in [-0.39, 0.29) is 0 Å². The molecular weight excluding hydrogens is 297 g/mol. The molecule has 1 aliphatic rings. The third-order valence-corrected chi connectivity index (χ3v) is 3.35. The molecule has 0 aromatic carbocycles. The Labute approximate surface area is 95.2 Å². The van der Waals surface area contributed by atoms with Gasteiger partial charge >= 0.3 is 5.97 Å². The van der Waals surface area contributed by atoms with Gasteiger partial charge in [0.25, 0.3) is 5.78 Å². The highest BCUT2D eigenvalue weighted by Gasteiger charge is 2.44. The summed E-state index contributed by atoms with van der Waals surface area (Å²) in [6, 6.07) is 0. The molecule has 1 aliphatic heterocycles. The zero-order valence-electron chi connectivity index (χ0n) is 7.66. The van der Waals surface area contributed by atoms with Gasteiger partial charge in [0, 0.05) is 10.6 Å². The van der Waals surface area contributed by atoms with E-state index in [0.29, 0.717) is 10.8 Å². The van der Waals surface area contributed by atoms with Crippen LogP contribution in [0.4, 0.5) is 0 Å². The van der Waals surface area contributed by atoms with Crippen molar-refractivity contribution < 1.29 is 14.7 Å². The fourth-order valence-corrected chi connectivity index (χ4v) is 2.48. The second kappa shape index (κ2) is 4.20. The first-order chi connectivity index (χ1) is 6.58. The predicted octanol–water partition coefficient (Wildman–Crippen LogP) is 1.23. The van der Waals surface area contributed by atoms with Crippen LogP contribution in [0.15, 0.2) is 16.6 Å². The quantitative estimate of drug-likeness (QED) is 0.483. The molecule has 1 unspecified atom stereocenters. The molecule has 1 rings (SSSR count). The topological polar surface area (TPSA) is 66.7 Å². The van der Waals surface area contributed by atoms with Crippen LogP contribution in [0.2, 0.25) is 0 Å². The van der Waals surface area contributed by atoms with Gasteiger partial charge in [-0.1, -0.05) is 29.5 Å². The molecule has 0 aromatic rings. The molecule has 1 heterocycles. The smallest absolute Gasteiger partial charge is 0.375 e. The number of carboxylic acid groups (broad SMARTS) is 1. The first kappa shape index (κ1) is 11.4. The van der Waals surface area contributed by atoms with Crippen molar-refractivity contribution >= 4 is 40.6 Å². The normalized spacial score (nSPS) is 24.9. The molecule has 1 N–H and O–H groups in total. The number of nitrogens with zero attached hydrogens (tertiary/aromatic N) is 1. The zero-order chi connectivity index (χ0) is 10.8. The van der Waals surface area contributed by atoms with Gasteiger partial charge in [-0.2, -0.15) is 0 Å². The minimum atomic E-state index is -1.42. The highest BCUT2D eigenvalue weighted by atomic mass is 127. The highest BCUT2D eigenvalue weighted by molar-refractivity contribution is 14.1. The molecule has 76 valence electrons. The number of carboxylic acids is 1. The standard InChI is InChI=1S/C9H10INO3/c1-2-6-3-4-11-9(6,5-10)7(12)8(13)14/h3-4H,2,5H2,1H3,(H,13,14). The summed E-state index contributed by atoms with van der Waals surface area (Å²) in [5.41, 5.74) is -0.361. The van der Waals surface area contributed by atoms with Crippen molar-refractivity contribution in [2.45, 2.75) is 18.9 Å². The Morgan fingerprint density at radius 1 is 1.64 bits per heavy atom. The van der Waals surface area contributed by atoms with E-state index in [1.807, 2.05) is 29.5 Å². The van der Waals surface area contributed by atoms with Gasteiger partial charge in [-0.3, -0.25) is 9.79 Å². The number of aliphatic carboxylic acids is 1. The van der Waals surface area contributed by atoms with E-state index in [9.17, 15) is 9.59 Å². The third-order valence-electron chi connectivity index (χ3n) is 2.25. The summed E-state index contributed by atoms with van der Waals surface area (Å²) in [6.45, 7) is 1.89. The average Bonchev–Trinajstić information content (AvgIpc) is 2.60. The minimum absolute atomic E-state index is 0.367. The van der Waals surface area contributed by atoms with E-state index in [1.54, 1.807) is 6.08 Å². The summed E-state index contributed by atoms with van der Waals surface area (Å²) in [6.07, 6.45) is 3.87. The van der Waals surface area contributed by atoms with Gasteiger partial charge < -0.3 is 5.11 Å². The molecule has 0 aromatic heterocycles. The van der Waals surface area contributed by atoms with Gasteiger partial charge in [0.15, 0.2) is 5.54 Å². The van der Waals surface area contributed by atoms with Crippen LogP contribution in [-0.4, -0.2) is 33.0 Å². The molecule has 0 radical (unpaired) electrons. The zero-order valence-corrected chi connectivity index (χ0v) is 9.82. The van der Waals surface area contributed by atoms with Crippen molar-refractivity contribution in [2.24, 2.45) is 4.99 Å². The van der Waals surface area contributed by atoms with Gasteiger partial charge in [-0.25, -0.2) is 4.79 Å². The minimum Gasteiger partial charge on any atom is -0.475 e. The monoisotopic (exact) mass is 307 g/mol. The van der Waals surface area contributed by atoms with E-state index in [4.69, 9.17) is 5.11 Å². The van der Waals surface area contributed by atoms with Crippen molar-refractivity contribution in [3.8, 4) is 0 Å². The maximum absolute atomic E-state index is 11.5. The van der Waals surface area contributed by atoms with Gasteiger partial charge in [-0.15, -0.1) is 0 Å². The van der Waals surface area contributed by atoms with E-state index < -0.39 is 17.3 Å². The largest absolute Gasteiger partial charge is 0.475 e. The van der Waals surface area contributed by atoms with Crippen LogP contribution in [0, 0.1) is 0 Å². The molecule has 0 saturated heterocycles. The third kappa shape index (κ3) is 1.60. The molecule has 0 fully saturated rings. The van der Waals surface area contributed by atoms with E-state index in [0.717, 1.165) is 5.57 Å². The summed E-state index contributed by atoms with van der Waals surface area (Å²) in [5.74, 6) is -2.26. The number of allylic oxidation sites excluding steroid dienone is 1. The van der Waals surface area contributed by atoms with E-state index in [2.05, 4.69) is 4.99 Å². The molecule has 5 heteroatoms. The summed E-state index contributed by atoms with van der Waals surface area (Å²) in [7, 11) is 0. The van der Waals surface area contributed by atoms with Crippen LogP contribution >= 0.6 is 22.6 Å². The van der Waals surface area contributed by atoms with Crippen LogP contribution in [0.3, 0.4) is 0 Å². The Balaban J connectivity index is 3.10. The Bertz CT molecular complexity index is 335. The molecule has 0 saturated carbocycles. The van der Waals surface area contributed by atoms with Gasteiger partial charge in [0.1, 0.15) is 0 Å². The fourth-order valence-electron chi connectivity index (χ4n) is 1.45. The van der Waals surface area contributed by atoms with Gasteiger partial charge in [-0.05, 0) is 18.1 Å². The Morgan fingerprint density at radius 2 is 2.29 bits per heavy atom. The number of aliphatic imine (C=N–C) groups is 1. The van der Waals surface area contributed by atoms with Gasteiger partial charge in [0.2, 0.25) is 0 Å². The fraction of sp³-hybridized carbons (Fsp3) is 0.444. The Kier molecular flexibility index (Phi) is 3.41. The van der Waals surface area contributed by atoms with Crippen molar-refractivity contribution in [1.82, 2.24) is 0 Å². The highest BCUT2D eigenvalue weighted by Crippen LogP contribution is 2.31. The second-order valence-electron chi connectivity index (χ2n) is 2.95. The summed E-state index contributed by atoms with van der Waals surface area (Å²) in [5, 5.41) is 8.70. The lowest BCUT2D eigenvalue weighted by Crippen LogP contribution is -2.43. The number of ketones is 1. The summed E-state index contributed by atoms with van der Waals surface area (Å²) >= 11 is 1.99. The SMILES string of the molecule is CCC1=CC=NC1(CI)C(=O)C(=O)O. The number of halogens is 1. The predicted molar refractivity (Wildman–Crippen MR) is 61.1 cm³/mol. The van der Waals surface area contributed by atoms with Crippen LogP contribution < -0.4 is 0 Å². The first-order valence-corrected chi connectivity index (χ1v) is 5.69. The van der Waals surface area contributed by atoms with Crippen molar-refractivity contribution in [3.63, 3.8) is 0 Å². The number of hydrogen-bond donors (Lipinski definition) is 1. The number of carbonyl (C=O) groups excluding carboxylic acids is 1. The van der Waals surface area contributed by atoms with Gasteiger partial charge in [0.05, 0.1) is 0 Å². The molecule has 1 atom stereocenters. The molecular formula is C9H10INO3. The maximum atomic E-state index is 11.5. The maximum Gasteiger partial charge on any atom is 0.375 e. The van der Waals surface area contributed by atoms with Crippen molar-refractivity contribution in [2.75, 3.05) is 4.43 Å². The van der Waals surface area contributed by atoms with Crippen LogP contribution in [0.1, 0.15) is 13.3 Å². The van der Waals surface area contributed by atoms with Crippen molar-refractivity contribution in [3.05, 3.63) is 11.6 Å². The van der Waals surface area contributed by atoms with Crippen LogP contribution in [-0.2, 0) is 9.59 Å². The first-order valence-electron chi connectivity index (χ1n) is 4.17. The molecule has 4 nitrogen and oxygen atoms in total. The molecule has 0 aliphatic carbocycles. The lowest BCUT2D eigenvalue weighted by atomic mass is 9.87. The number of hydrogen-bond acceptors (Lipinski definition) is 3. The number of carbonyl (C=O) groups is 2. The van der Waals surface area contributed by atoms with Crippen LogP contribution in [0.5, 0.6) is 0 Å². The summed E-state index contributed by atoms with van der Waals surface area (Å²) in [4.78, 5) is 26.2. The molecule has 0 bridgehead atoms. The molecule has 0 spiro atoms. The second-order valence-corrected chi connectivity index (χ2v) is 3.71. The number of alkyl halides is 1. The molecule has 14 heavy (non-hydrogen) atoms. The van der Waals surface area contributed by atoms with E-state index >= 15 is 0 Å². The lowest BCUT2D eigenvalue weighted by molar-refractivity contribution is -0.150. The Morgan fingerprint density at radius 3 is 2.71 bits per heavy atom.